The van der Waals surface area contributed by atoms with Crippen LogP contribution < -0.4 is 10.6 Å². The Kier molecular flexibility index (Phi) is 12.2. The van der Waals surface area contributed by atoms with Crippen LogP contribution in [0.5, 0.6) is 5.75 Å². The minimum Gasteiger partial charge on any atom is -0.507 e. The number of aliphatic hydroxyl groups is 1. The van der Waals surface area contributed by atoms with Crippen molar-refractivity contribution >= 4 is 46.3 Å². The van der Waals surface area contributed by atoms with Crippen molar-refractivity contribution in [3.63, 3.8) is 0 Å². The van der Waals surface area contributed by atoms with E-state index in [-0.39, 0.29) is 24.0 Å². The van der Waals surface area contributed by atoms with Crippen LogP contribution in [-0.2, 0) is 30.3 Å². The molecule has 1 aromatic rings. The Morgan fingerprint density at radius 3 is 2.36 bits per heavy atom. The Morgan fingerprint density at radius 2 is 1.74 bits per heavy atom. The van der Waals surface area contributed by atoms with E-state index in [2.05, 4.69) is 10.6 Å². The predicted molar refractivity (Wildman–Crippen MR) is 155 cm³/mol. The van der Waals surface area contributed by atoms with Crippen molar-refractivity contribution in [1.82, 2.24) is 15.5 Å². The Bertz CT molecular complexity index is 1090. The number of benzene rings is 1. The number of cyclic esters (lactones) is 1. The average Bonchev–Trinajstić information content (AvgIpc) is 2.85. The van der Waals surface area contributed by atoms with Crippen LogP contribution in [0.1, 0.15) is 53.0 Å². The highest BCUT2D eigenvalue weighted by Gasteiger charge is 2.34. The summed E-state index contributed by atoms with van der Waals surface area (Å²) in [6.07, 6.45) is 2.71. The first kappa shape index (κ1) is 32.5. The molecule has 216 valence electrons. The van der Waals surface area contributed by atoms with E-state index in [4.69, 9.17) is 4.74 Å². The van der Waals surface area contributed by atoms with Crippen LogP contribution in [0.4, 0.5) is 0 Å². The molecular weight excluding hydrogens is 617 g/mol. The molecule has 1 aliphatic rings. The number of carbonyl (C=O) groups is 4. The van der Waals surface area contributed by atoms with E-state index in [0.29, 0.717) is 22.0 Å². The van der Waals surface area contributed by atoms with E-state index in [9.17, 15) is 29.4 Å². The van der Waals surface area contributed by atoms with Gasteiger partial charge >= 0.3 is 5.97 Å². The first-order valence-corrected chi connectivity index (χ1v) is 14.1. The van der Waals surface area contributed by atoms with Gasteiger partial charge in [0.25, 0.3) is 0 Å². The standard InChI is InChI=1S/C28H40IN3O7/c1-15-9-16(2)11-18(4)39-28(38)19(5)30-26(36)23(13-20-7-8-24(34)21(29)12-20)32(6)27(37)22(14-33)31-25(35)17(3)10-15/h7-9,12,16-19,22-23,33-34H,10-11,13-14H2,1-6H3,(H,30,36)(H,31,35). The molecule has 11 heteroatoms. The normalized spacial score (nSPS) is 28.5. The van der Waals surface area contributed by atoms with Crippen molar-refractivity contribution in [2.45, 2.75) is 78.1 Å². The van der Waals surface area contributed by atoms with Crippen molar-refractivity contribution in [3.8, 4) is 5.75 Å². The number of halogens is 1. The SMILES string of the molecule is CC1=CC(C)CC(C)OC(=O)C(C)NC(=O)C(Cc2ccc(O)c(I)c2)N(C)C(=O)C(CO)NC(=O)C(C)C1. The number of carbonyl (C=O) groups excluding carboxylic acids is 4. The van der Waals surface area contributed by atoms with Gasteiger partial charge in [-0.1, -0.05) is 31.6 Å². The van der Waals surface area contributed by atoms with Crippen LogP contribution in [0.25, 0.3) is 0 Å². The molecule has 2 rings (SSSR count). The molecule has 1 heterocycles. The molecular formula is C28H40IN3O7. The van der Waals surface area contributed by atoms with Crippen LogP contribution in [0.3, 0.4) is 0 Å². The third kappa shape index (κ3) is 9.48. The fourth-order valence-corrected chi connectivity index (χ4v) is 5.22. The molecule has 4 N–H and O–H groups in total. The van der Waals surface area contributed by atoms with E-state index >= 15 is 0 Å². The number of amides is 3. The number of aromatic hydroxyl groups is 1. The van der Waals surface area contributed by atoms with Gasteiger partial charge in [0.2, 0.25) is 17.7 Å². The molecule has 0 saturated carbocycles. The average molecular weight is 658 g/mol. The van der Waals surface area contributed by atoms with E-state index in [1.54, 1.807) is 26.0 Å². The number of hydrogen-bond acceptors (Lipinski definition) is 7. The van der Waals surface area contributed by atoms with E-state index < -0.39 is 54.5 Å². The van der Waals surface area contributed by atoms with E-state index in [1.807, 2.05) is 42.5 Å². The van der Waals surface area contributed by atoms with Gasteiger partial charge in [-0.15, -0.1) is 0 Å². The Labute approximate surface area is 243 Å². The molecule has 10 nitrogen and oxygen atoms in total. The van der Waals surface area contributed by atoms with Crippen molar-refractivity contribution < 1.29 is 34.1 Å². The van der Waals surface area contributed by atoms with E-state index in [1.165, 1.54) is 20.0 Å². The zero-order chi connectivity index (χ0) is 29.4. The van der Waals surface area contributed by atoms with Gasteiger partial charge in [-0.3, -0.25) is 14.4 Å². The lowest BCUT2D eigenvalue weighted by molar-refractivity contribution is -0.153. The topological polar surface area (TPSA) is 145 Å². The molecule has 0 aliphatic carbocycles. The zero-order valence-corrected chi connectivity index (χ0v) is 25.5. The van der Waals surface area contributed by atoms with Crippen molar-refractivity contribution in [3.05, 3.63) is 39.0 Å². The summed E-state index contributed by atoms with van der Waals surface area (Å²) in [6.45, 7) is 8.31. The number of nitrogens with zero attached hydrogens (tertiary/aromatic N) is 1. The van der Waals surface area contributed by atoms with Gasteiger partial charge < -0.3 is 30.5 Å². The highest BCUT2D eigenvalue weighted by atomic mass is 127. The second-order valence-corrected chi connectivity index (χ2v) is 11.7. The van der Waals surface area contributed by atoms with Gasteiger partial charge in [-0.2, -0.15) is 0 Å². The molecule has 1 aromatic carbocycles. The molecule has 0 radical (unpaired) electrons. The number of allylic oxidation sites excluding steroid dienone is 2. The molecule has 0 fully saturated rings. The monoisotopic (exact) mass is 657 g/mol. The van der Waals surface area contributed by atoms with Crippen LogP contribution in [-0.4, -0.2) is 76.7 Å². The number of nitrogens with one attached hydrogen (secondary N) is 2. The summed E-state index contributed by atoms with van der Waals surface area (Å²) in [6, 6.07) is 1.50. The Morgan fingerprint density at radius 1 is 1.08 bits per heavy atom. The van der Waals surface area contributed by atoms with Crippen molar-refractivity contribution in [2.24, 2.45) is 11.8 Å². The largest absolute Gasteiger partial charge is 0.507 e. The van der Waals surface area contributed by atoms with Crippen LogP contribution >= 0.6 is 22.6 Å². The number of aliphatic hydroxyl groups excluding tert-OH is 1. The maximum Gasteiger partial charge on any atom is 0.328 e. The second kappa shape index (κ2) is 14.6. The van der Waals surface area contributed by atoms with Gasteiger partial charge in [-0.25, -0.2) is 4.79 Å². The summed E-state index contributed by atoms with van der Waals surface area (Å²) < 4.78 is 6.14. The molecule has 0 saturated heterocycles. The second-order valence-electron chi connectivity index (χ2n) is 10.5. The summed E-state index contributed by atoms with van der Waals surface area (Å²) in [5.41, 5.74) is 1.65. The van der Waals surface area contributed by atoms with Gasteiger partial charge in [0.05, 0.1) is 16.3 Å². The summed E-state index contributed by atoms with van der Waals surface area (Å²) in [4.78, 5) is 53.7. The lowest BCUT2D eigenvalue weighted by Crippen LogP contribution is -2.58. The van der Waals surface area contributed by atoms with Crippen LogP contribution in [0.15, 0.2) is 29.8 Å². The minimum atomic E-state index is -1.26. The molecule has 39 heavy (non-hydrogen) atoms. The summed E-state index contributed by atoms with van der Waals surface area (Å²) in [5.74, 6) is -2.54. The first-order valence-electron chi connectivity index (χ1n) is 13.1. The highest BCUT2D eigenvalue weighted by Crippen LogP contribution is 2.22. The third-order valence-electron chi connectivity index (χ3n) is 6.73. The van der Waals surface area contributed by atoms with Gasteiger partial charge in [0.15, 0.2) is 0 Å². The van der Waals surface area contributed by atoms with Crippen molar-refractivity contribution in [2.75, 3.05) is 13.7 Å². The zero-order valence-electron chi connectivity index (χ0n) is 23.4. The summed E-state index contributed by atoms with van der Waals surface area (Å²) in [5, 5.41) is 25.1. The number of esters is 1. The van der Waals surface area contributed by atoms with Crippen molar-refractivity contribution in [1.29, 1.82) is 0 Å². The van der Waals surface area contributed by atoms with E-state index in [0.717, 1.165) is 10.5 Å². The summed E-state index contributed by atoms with van der Waals surface area (Å²) >= 11 is 1.96. The molecule has 6 atom stereocenters. The van der Waals surface area contributed by atoms with Crippen LogP contribution in [0.2, 0.25) is 0 Å². The smallest absolute Gasteiger partial charge is 0.328 e. The molecule has 6 unspecified atom stereocenters. The van der Waals surface area contributed by atoms with Gasteiger partial charge in [0, 0.05) is 19.4 Å². The predicted octanol–water partition coefficient (Wildman–Crippen LogP) is 2.29. The molecule has 0 bridgehead atoms. The Hall–Kier alpha value is -2.67. The highest BCUT2D eigenvalue weighted by molar-refractivity contribution is 14.1. The third-order valence-corrected chi connectivity index (χ3v) is 7.60. The molecule has 0 spiro atoms. The lowest BCUT2D eigenvalue weighted by atomic mass is 9.95. The molecule has 3 amide bonds. The Balaban J connectivity index is 2.44. The number of rotatable bonds is 3. The number of ether oxygens (including phenoxy) is 1. The maximum atomic E-state index is 13.4. The first-order chi connectivity index (χ1) is 18.2. The fraction of sp³-hybridized carbons (Fsp3) is 0.571. The number of hydrogen-bond donors (Lipinski definition) is 4. The maximum absolute atomic E-state index is 13.4. The van der Waals surface area contributed by atoms with Crippen LogP contribution in [0, 0.1) is 15.4 Å². The van der Waals surface area contributed by atoms with Gasteiger partial charge in [-0.05, 0) is 79.8 Å². The number of likely N-dealkylation sites (N-methyl/N-ethyl adjacent to an activating group) is 1. The fourth-order valence-electron chi connectivity index (χ4n) is 4.64. The molecule has 0 aromatic heterocycles. The minimum absolute atomic E-state index is 0.0620. The number of phenolic OH excluding ortho intramolecular Hbond substituents is 1. The lowest BCUT2D eigenvalue weighted by Gasteiger charge is -2.31. The summed E-state index contributed by atoms with van der Waals surface area (Å²) in [7, 11) is 1.41. The number of phenols is 1. The van der Waals surface area contributed by atoms with Gasteiger partial charge in [0.1, 0.15) is 23.9 Å². The molecule has 1 aliphatic heterocycles. The quantitative estimate of drug-likeness (QED) is 0.222.